The van der Waals surface area contributed by atoms with Gasteiger partial charge in [0.2, 0.25) is 0 Å². The van der Waals surface area contributed by atoms with Gasteiger partial charge in [-0.3, -0.25) is 0 Å². The van der Waals surface area contributed by atoms with Gasteiger partial charge >= 0.3 is 6.03 Å². The van der Waals surface area contributed by atoms with Crippen LogP contribution in [-0.4, -0.2) is 61.1 Å². The first-order valence-corrected chi connectivity index (χ1v) is 7.27. The Hall–Kier alpha value is -0.810. The Morgan fingerprint density at radius 1 is 1.17 bits per heavy atom. The van der Waals surface area contributed by atoms with Gasteiger partial charge in [0.05, 0.1) is 0 Å². The smallest absolute Gasteiger partial charge is 0.317 e. The van der Waals surface area contributed by atoms with E-state index in [1.54, 1.807) is 0 Å². The Balaban J connectivity index is 1.71. The molecular weight excluding hydrogens is 228 g/mol. The summed E-state index contributed by atoms with van der Waals surface area (Å²) in [4.78, 5) is 16.4. The van der Waals surface area contributed by atoms with E-state index < -0.39 is 0 Å². The maximum Gasteiger partial charge on any atom is 0.317 e. The van der Waals surface area contributed by atoms with E-state index in [9.17, 15) is 4.79 Å². The highest BCUT2D eigenvalue weighted by molar-refractivity contribution is 5.74. The molecule has 0 aromatic heterocycles. The van der Waals surface area contributed by atoms with Crippen molar-refractivity contribution in [2.45, 2.75) is 38.1 Å². The third kappa shape index (κ3) is 3.85. The number of nitrogens with one attached hydrogen (secondary N) is 1. The Morgan fingerprint density at radius 3 is 2.67 bits per heavy atom. The molecule has 1 heterocycles. The molecule has 3 N–H and O–H groups in total. The lowest BCUT2D eigenvalue weighted by Gasteiger charge is -2.30. The van der Waals surface area contributed by atoms with Gasteiger partial charge in [0.25, 0.3) is 0 Å². The van der Waals surface area contributed by atoms with Crippen molar-refractivity contribution in [3.05, 3.63) is 0 Å². The zero-order valence-electron chi connectivity index (χ0n) is 11.2. The fraction of sp³-hybridized carbons (Fsp3) is 0.923. The lowest BCUT2D eigenvalue weighted by Crippen LogP contribution is -2.48. The Kier molecular flexibility index (Phi) is 5.26. The second kappa shape index (κ2) is 6.95. The summed E-state index contributed by atoms with van der Waals surface area (Å²) in [6, 6.07) is 0.578. The molecule has 1 aliphatic carbocycles. The largest absolute Gasteiger partial charge is 0.335 e. The van der Waals surface area contributed by atoms with Gasteiger partial charge in [-0.05, 0) is 51.7 Å². The first kappa shape index (κ1) is 13.6. The van der Waals surface area contributed by atoms with Gasteiger partial charge in [-0.25, -0.2) is 4.79 Å². The minimum atomic E-state index is 0.139. The van der Waals surface area contributed by atoms with Crippen molar-refractivity contribution in [3.8, 4) is 0 Å². The molecule has 0 aromatic rings. The second-order valence-corrected chi connectivity index (χ2v) is 5.40. The van der Waals surface area contributed by atoms with Crippen LogP contribution in [0.5, 0.6) is 0 Å². The van der Waals surface area contributed by atoms with Crippen molar-refractivity contribution in [1.29, 1.82) is 0 Å². The van der Waals surface area contributed by atoms with E-state index in [2.05, 4.69) is 10.2 Å². The van der Waals surface area contributed by atoms with Crippen LogP contribution in [-0.2, 0) is 0 Å². The standard InChI is InChI=1S/C13H26N4O/c14-6-2-7-16-8-3-9-17(11-10-16)13(18)15-12-4-1-5-12/h12H,1-11,14H2,(H,15,18). The SMILES string of the molecule is NCCCN1CCCN(C(=O)NC2CCC2)CC1. The van der Waals surface area contributed by atoms with E-state index in [0.29, 0.717) is 6.04 Å². The summed E-state index contributed by atoms with van der Waals surface area (Å²) in [6.45, 7) is 5.63. The normalized spacial score (nSPS) is 22.4. The number of carbonyl (C=O) groups excluding carboxylic acids is 1. The van der Waals surface area contributed by atoms with Gasteiger partial charge in [-0.15, -0.1) is 0 Å². The number of nitrogens with zero attached hydrogens (tertiary/aromatic N) is 2. The van der Waals surface area contributed by atoms with Crippen LogP contribution >= 0.6 is 0 Å². The van der Waals surface area contributed by atoms with Crippen molar-refractivity contribution >= 4 is 6.03 Å². The van der Waals surface area contributed by atoms with Crippen LogP contribution in [0, 0.1) is 0 Å². The predicted molar refractivity (Wildman–Crippen MR) is 72.5 cm³/mol. The average molecular weight is 254 g/mol. The number of hydrogen-bond donors (Lipinski definition) is 2. The van der Waals surface area contributed by atoms with Crippen LogP contribution < -0.4 is 11.1 Å². The zero-order valence-corrected chi connectivity index (χ0v) is 11.2. The van der Waals surface area contributed by atoms with Gasteiger partial charge in [0.15, 0.2) is 0 Å². The van der Waals surface area contributed by atoms with Crippen LogP contribution in [0.15, 0.2) is 0 Å². The number of amides is 2. The molecule has 5 nitrogen and oxygen atoms in total. The fourth-order valence-corrected chi connectivity index (χ4v) is 2.53. The summed E-state index contributed by atoms with van der Waals surface area (Å²) in [5.41, 5.74) is 5.54. The van der Waals surface area contributed by atoms with E-state index >= 15 is 0 Å². The maximum atomic E-state index is 12.1. The molecule has 2 rings (SSSR count). The average Bonchev–Trinajstić information content (AvgIpc) is 2.56. The van der Waals surface area contributed by atoms with Crippen LogP contribution in [0.1, 0.15) is 32.1 Å². The summed E-state index contributed by atoms with van der Waals surface area (Å²) < 4.78 is 0. The molecule has 0 aromatic carbocycles. The minimum absolute atomic E-state index is 0.139. The maximum absolute atomic E-state index is 12.1. The molecule has 0 atom stereocenters. The molecule has 5 heteroatoms. The number of carbonyl (C=O) groups is 1. The highest BCUT2D eigenvalue weighted by atomic mass is 16.2. The van der Waals surface area contributed by atoms with Gasteiger partial charge in [-0.1, -0.05) is 0 Å². The second-order valence-electron chi connectivity index (χ2n) is 5.40. The predicted octanol–water partition coefficient (Wildman–Crippen LogP) is 0.605. The Bertz CT molecular complexity index is 268. The minimum Gasteiger partial charge on any atom is -0.335 e. The van der Waals surface area contributed by atoms with Gasteiger partial charge in [-0.2, -0.15) is 0 Å². The van der Waals surface area contributed by atoms with Crippen molar-refractivity contribution in [2.75, 3.05) is 39.3 Å². The van der Waals surface area contributed by atoms with Crippen LogP contribution in [0.2, 0.25) is 0 Å². The molecule has 0 unspecified atom stereocenters. The Morgan fingerprint density at radius 2 is 2.00 bits per heavy atom. The van der Waals surface area contributed by atoms with Crippen LogP contribution in [0.25, 0.3) is 0 Å². The Labute approximate surface area is 110 Å². The highest BCUT2D eigenvalue weighted by Gasteiger charge is 2.24. The fourth-order valence-electron chi connectivity index (χ4n) is 2.53. The van der Waals surface area contributed by atoms with E-state index in [0.717, 1.165) is 65.0 Å². The molecule has 1 aliphatic heterocycles. The molecule has 0 radical (unpaired) electrons. The summed E-state index contributed by atoms with van der Waals surface area (Å²) in [6.07, 6.45) is 5.69. The molecule has 2 amide bonds. The number of hydrogen-bond acceptors (Lipinski definition) is 3. The number of rotatable bonds is 4. The molecule has 0 bridgehead atoms. The molecule has 104 valence electrons. The molecule has 1 saturated carbocycles. The van der Waals surface area contributed by atoms with Gasteiger partial charge in [0.1, 0.15) is 0 Å². The van der Waals surface area contributed by atoms with Crippen LogP contribution in [0.4, 0.5) is 4.79 Å². The summed E-state index contributed by atoms with van der Waals surface area (Å²) >= 11 is 0. The van der Waals surface area contributed by atoms with Gasteiger partial charge < -0.3 is 20.9 Å². The molecular formula is C13H26N4O. The summed E-state index contributed by atoms with van der Waals surface area (Å²) in [5.74, 6) is 0. The summed E-state index contributed by atoms with van der Waals surface area (Å²) in [7, 11) is 0. The molecule has 2 aliphatic rings. The molecule has 18 heavy (non-hydrogen) atoms. The van der Waals surface area contributed by atoms with Crippen molar-refractivity contribution in [3.63, 3.8) is 0 Å². The van der Waals surface area contributed by atoms with Crippen LogP contribution in [0.3, 0.4) is 0 Å². The lowest BCUT2D eigenvalue weighted by atomic mass is 9.93. The summed E-state index contributed by atoms with van der Waals surface area (Å²) in [5, 5.41) is 3.12. The van der Waals surface area contributed by atoms with Crippen molar-refractivity contribution < 1.29 is 4.79 Å². The topological polar surface area (TPSA) is 61.6 Å². The van der Waals surface area contributed by atoms with Gasteiger partial charge in [0, 0.05) is 25.7 Å². The van der Waals surface area contributed by atoms with E-state index in [1.165, 1.54) is 6.42 Å². The third-order valence-electron chi connectivity index (χ3n) is 3.99. The van der Waals surface area contributed by atoms with E-state index in [-0.39, 0.29) is 6.03 Å². The van der Waals surface area contributed by atoms with Crippen molar-refractivity contribution in [2.24, 2.45) is 5.73 Å². The number of nitrogens with two attached hydrogens (primary N) is 1. The zero-order chi connectivity index (χ0) is 12.8. The van der Waals surface area contributed by atoms with Crippen molar-refractivity contribution in [1.82, 2.24) is 15.1 Å². The first-order valence-electron chi connectivity index (χ1n) is 7.27. The molecule has 2 fully saturated rings. The van der Waals surface area contributed by atoms with E-state index in [1.807, 2.05) is 4.90 Å². The van der Waals surface area contributed by atoms with E-state index in [4.69, 9.17) is 5.73 Å². The molecule has 0 spiro atoms. The molecule has 1 saturated heterocycles. The lowest BCUT2D eigenvalue weighted by molar-refractivity contribution is 0.186. The quantitative estimate of drug-likeness (QED) is 0.772. The monoisotopic (exact) mass is 254 g/mol. The number of urea groups is 1. The highest BCUT2D eigenvalue weighted by Crippen LogP contribution is 2.18. The third-order valence-corrected chi connectivity index (χ3v) is 3.99. The first-order chi connectivity index (χ1) is 8.79.